The minimum absolute atomic E-state index is 0.277. The molecule has 1 unspecified atom stereocenters. The third-order valence-electron chi connectivity index (χ3n) is 4.26. The molecule has 3 aromatic carbocycles. The first-order chi connectivity index (χ1) is 11.6. The van der Waals surface area contributed by atoms with Crippen molar-refractivity contribution in [1.29, 1.82) is 0 Å². The van der Waals surface area contributed by atoms with E-state index in [1.54, 1.807) is 32.2 Å². The van der Waals surface area contributed by atoms with Gasteiger partial charge in [0.25, 0.3) is 0 Å². The first-order valence-electron chi connectivity index (χ1n) is 7.83. The van der Waals surface area contributed by atoms with Gasteiger partial charge in [-0.15, -0.1) is 0 Å². The van der Waals surface area contributed by atoms with E-state index >= 15 is 0 Å². The first kappa shape index (κ1) is 16.0. The number of hydrogen-bond acceptors (Lipinski definition) is 1. The first-order valence-corrected chi connectivity index (χ1v) is 7.83. The lowest BCUT2D eigenvalue weighted by atomic mass is 10.1. The minimum atomic E-state index is -0.369. The molecule has 0 bridgehead atoms. The van der Waals surface area contributed by atoms with Crippen molar-refractivity contribution in [3.8, 4) is 0 Å². The number of nitrogens with zero attached hydrogens (tertiary/aromatic N) is 1. The molecule has 3 rings (SSSR count). The lowest BCUT2D eigenvalue weighted by Crippen LogP contribution is -2.34. The van der Waals surface area contributed by atoms with Crippen LogP contribution in [0.15, 0.2) is 66.7 Å². The average Bonchev–Trinajstić information content (AvgIpc) is 2.60. The number of carbonyl (C=O) groups is 1. The summed E-state index contributed by atoms with van der Waals surface area (Å²) in [7, 11) is 1.66. The van der Waals surface area contributed by atoms with Crippen LogP contribution in [0.25, 0.3) is 10.8 Å². The van der Waals surface area contributed by atoms with Crippen molar-refractivity contribution in [1.82, 2.24) is 4.90 Å². The van der Waals surface area contributed by atoms with Crippen molar-refractivity contribution < 1.29 is 9.18 Å². The highest BCUT2D eigenvalue weighted by Gasteiger charge is 2.20. The van der Waals surface area contributed by atoms with E-state index in [-0.39, 0.29) is 17.9 Å². The maximum atomic E-state index is 13.9. The normalized spacial score (nSPS) is 12.0. The van der Waals surface area contributed by atoms with Crippen LogP contribution in [0.5, 0.6) is 0 Å². The molecule has 0 aromatic heterocycles. The summed E-state index contributed by atoms with van der Waals surface area (Å²) in [5.74, 6) is -0.310. The quantitative estimate of drug-likeness (QED) is 0.706. The molecule has 4 heteroatoms. The second-order valence-electron chi connectivity index (χ2n) is 5.80. The highest BCUT2D eigenvalue weighted by molar-refractivity contribution is 5.93. The van der Waals surface area contributed by atoms with Crippen LogP contribution in [0.1, 0.15) is 18.5 Å². The smallest absolute Gasteiger partial charge is 0.321 e. The monoisotopic (exact) mass is 322 g/mol. The lowest BCUT2D eigenvalue weighted by molar-refractivity contribution is 0.207. The van der Waals surface area contributed by atoms with Crippen LogP contribution in [-0.2, 0) is 0 Å². The van der Waals surface area contributed by atoms with Gasteiger partial charge < -0.3 is 10.2 Å². The maximum absolute atomic E-state index is 13.9. The van der Waals surface area contributed by atoms with Gasteiger partial charge in [-0.25, -0.2) is 9.18 Å². The van der Waals surface area contributed by atoms with Crippen LogP contribution >= 0.6 is 0 Å². The molecule has 2 amide bonds. The molecule has 0 saturated carbocycles. The van der Waals surface area contributed by atoms with Gasteiger partial charge in [-0.3, -0.25) is 0 Å². The Kier molecular flexibility index (Phi) is 4.47. The number of halogens is 1. The molecule has 1 atom stereocenters. The predicted octanol–water partition coefficient (Wildman–Crippen LogP) is 5.20. The van der Waals surface area contributed by atoms with Gasteiger partial charge in [-0.05, 0) is 35.9 Å². The Morgan fingerprint density at radius 2 is 1.67 bits per heavy atom. The molecule has 0 radical (unpaired) electrons. The van der Waals surface area contributed by atoms with Gasteiger partial charge in [0, 0.05) is 18.3 Å². The van der Waals surface area contributed by atoms with E-state index in [0.717, 1.165) is 10.8 Å². The lowest BCUT2D eigenvalue weighted by Gasteiger charge is -2.26. The summed E-state index contributed by atoms with van der Waals surface area (Å²) in [4.78, 5) is 14.0. The van der Waals surface area contributed by atoms with E-state index in [2.05, 4.69) is 5.32 Å². The van der Waals surface area contributed by atoms with Crippen LogP contribution in [0.4, 0.5) is 14.9 Å². The summed E-state index contributed by atoms with van der Waals surface area (Å²) in [6.45, 7) is 1.80. The third-order valence-corrected chi connectivity index (χ3v) is 4.26. The maximum Gasteiger partial charge on any atom is 0.322 e. The van der Waals surface area contributed by atoms with Crippen LogP contribution < -0.4 is 5.32 Å². The topological polar surface area (TPSA) is 32.3 Å². The van der Waals surface area contributed by atoms with Gasteiger partial charge >= 0.3 is 6.03 Å². The molecule has 0 saturated heterocycles. The molecule has 3 nitrogen and oxygen atoms in total. The molecular weight excluding hydrogens is 303 g/mol. The molecule has 24 heavy (non-hydrogen) atoms. The van der Waals surface area contributed by atoms with Gasteiger partial charge in [0.1, 0.15) is 5.82 Å². The molecule has 0 heterocycles. The fourth-order valence-electron chi connectivity index (χ4n) is 2.68. The molecule has 0 aliphatic rings. The van der Waals surface area contributed by atoms with Gasteiger partial charge in [-0.2, -0.15) is 0 Å². The van der Waals surface area contributed by atoms with Gasteiger partial charge in [0.15, 0.2) is 0 Å². The van der Waals surface area contributed by atoms with Crippen LogP contribution in [-0.4, -0.2) is 18.0 Å². The fourth-order valence-corrected chi connectivity index (χ4v) is 2.68. The number of carbonyl (C=O) groups excluding carboxylic acids is 1. The number of anilines is 1. The Morgan fingerprint density at radius 3 is 2.42 bits per heavy atom. The predicted molar refractivity (Wildman–Crippen MR) is 95.5 cm³/mol. The van der Waals surface area contributed by atoms with Crippen molar-refractivity contribution in [2.45, 2.75) is 13.0 Å². The van der Waals surface area contributed by atoms with E-state index in [1.807, 2.05) is 42.5 Å². The fraction of sp³-hybridized carbons (Fsp3) is 0.150. The zero-order valence-corrected chi connectivity index (χ0v) is 13.7. The molecule has 0 aliphatic carbocycles. The number of nitrogens with one attached hydrogen (secondary N) is 1. The molecular formula is C20H19FN2O. The van der Waals surface area contributed by atoms with Crippen molar-refractivity contribution in [2.24, 2.45) is 0 Å². The molecule has 3 aromatic rings. The summed E-state index contributed by atoms with van der Waals surface area (Å²) in [6.07, 6.45) is 0. The summed E-state index contributed by atoms with van der Waals surface area (Å²) >= 11 is 0. The SMILES string of the molecule is CC(c1ccccc1F)N(C)C(=O)Nc1ccc2ccccc2c1. The number of rotatable bonds is 3. The van der Waals surface area contributed by atoms with Crippen molar-refractivity contribution in [3.05, 3.63) is 78.1 Å². The zero-order chi connectivity index (χ0) is 17.1. The van der Waals surface area contributed by atoms with Crippen molar-refractivity contribution in [2.75, 3.05) is 12.4 Å². The molecule has 0 fully saturated rings. The highest BCUT2D eigenvalue weighted by Crippen LogP contribution is 2.23. The number of benzene rings is 3. The summed E-state index contributed by atoms with van der Waals surface area (Å²) in [5.41, 5.74) is 1.21. The Labute approximate surface area is 140 Å². The van der Waals surface area contributed by atoms with Crippen molar-refractivity contribution >= 4 is 22.5 Å². The Bertz CT molecular complexity index is 878. The Balaban J connectivity index is 1.76. The van der Waals surface area contributed by atoms with E-state index < -0.39 is 0 Å². The molecule has 0 spiro atoms. The average molecular weight is 322 g/mol. The molecule has 122 valence electrons. The summed E-state index contributed by atoms with van der Waals surface area (Å²) < 4.78 is 13.9. The van der Waals surface area contributed by atoms with Gasteiger partial charge in [0.05, 0.1) is 6.04 Å². The molecule has 1 N–H and O–H groups in total. The second-order valence-corrected chi connectivity index (χ2v) is 5.80. The van der Waals surface area contributed by atoms with Gasteiger partial charge in [0.2, 0.25) is 0 Å². The number of amides is 2. The van der Waals surface area contributed by atoms with Crippen LogP contribution in [0.3, 0.4) is 0 Å². The van der Waals surface area contributed by atoms with Crippen LogP contribution in [0, 0.1) is 5.82 Å². The standard InChI is InChI=1S/C20H19FN2O/c1-14(18-9-5-6-10-19(18)21)23(2)20(24)22-17-12-11-15-7-3-4-8-16(15)13-17/h3-14H,1-2H3,(H,22,24). The number of fused-ring (bicyclic) bond motifs is 1. The Hall–Kier alpha value is -2.88. The summed E-state index contributed by atoms with van der Waals surface area (Å²) in [6, 6.07) is 19.6. The van der Waals surface area contributed by atoms with Gasteiger partial charge in [-0.1, -0.05) is 48.5 Å². The highest BCUT2D eigenvalue weighted by atomic mass is 19.1. The summed E-state index contributed by atoms with van der Waals surface area (Å²) in [5, 5.41) is 5.04. The zero-order valence-electron chi connectivity index (χ0n) is 13.7. The largest absolute Gasteiger partial charge is 0.322 e. The van der Waals surface area contributed by atoms with Crippen molar-refractivity contribution in [3.63, 3.8) is 0 Å². The third kappa shape index (κ3) is 3.23. The van der Waals surface area contributed by atoms with E-state index in [9.17, 15) is 9.18 Å². The second kappa shape index (κ2) is 6.71. The van der Waals surface area contributed by atoms with Crippen LogP contribution in [0.2, 0.25) is 0 Å². The number of urea groups is 1. The van der Waals surface area contributed by atoms with E-state index in [0.29, 0.717) is 11.3 Å². The minimum Gasteiger partial charge on any atom is -0.321 e. The van der Waals surface area contributed by atoms with E-state index in [1.165, 1.54) is 11.0 Å². The number of hydrogen-bond donors (Lipinski definition) is 1. The van der Waals surface area contributed by atoms with E-state index in [4.69, 9.17) is 0 Å². The Morgan fingerprint density at radius 1 is 1.00 bits per heavy atom. The molecule has 0 aliphatic heterocycles.